The second-order valence-corrected chi connectivity index (χ2v) is 5.58. The van der Waals surface area contributed by atoms with Crippen LogP contribution in [0.5, 0.6) is 0 Å². The van der Waals surface area contributed by atoms with E-state index in [1.807, 2.05) is 17.1 Å². The Morgan fingerprint density at radius 1 is 1.25 bits per heavy atom. The van der Waals surface area contributed by atoms with E-state index in [9.17, 15) is 0 Å². The second kappa shape index (κ2) is 6.03. The van der Waals surface area contributed by atoms with E-state index in [4.69, 9.17) is 0 Å². The fourth-order valence-corrected chi connectivity index (χ4v) is 2.80. The molecule has 3 nitrogen and oxygen atoms in total. The summed E-state index contributed by atoms with van der Waals surface area (Å²) in [5, 5.41) is 7.84. The molecule has 0 saturated heterocycles. The Labute approximate surface area is 122 Å². The maximum atomic E-state index is 4.07. The molecule has 20 heavy (non-hydrogen) atoms. The first-order chi connectivity index (χ1) is 9.83. The van der Waals surface area contributed by atoms with Crippen LogP contribution in [0.4, 0.5) is 0 Å². The molecular weight excluding hydrogens is 266 g/mol. The molecule has 2 heterocycles. The van der Waals surface area contributed by atoms with Crippen LogP contribution in [0.1, 0.15) is 24.1 Å². The number of hydrogen-bond acceptors (Lipinski definition) is 3. The van der Waals surface area contributed by atoms with Crippen molar-refractivity contribution in [2.75, 3.05) is 0 Å². The van der Waals surface area contributed by atoms with Crippen LogP contribution in [-0.2, 0) is 6.54 Å². The summed E-state index contributed by atoms with van der Waals surface area (Å²) in [5.74, 6) is 0. The summed E-state index contributed by atoms with van der Waals surface area (Å²) in [7, 11) is 0. The van der Waals surface area contributed by atoms with Gasteiger partial charge in [0.15, 0.2) is 0 Å². The molecule has 102 valence electrons. The van der Waals surface area contributed by atoms with Gasteiger partial charge >= 0.3 is 0 Å². The third kappa shape index (κ3) is 2.98. The van der Waals surface area contributed by atoms with Gasteiger partial charge in [0.05, 0.1) is 6.33 Å². The lowest BCUT2D eigenvalue weighted by Crippen LogP contribution is -2.17. The summed E-state index contributed by atoms with van der Waals surface area (Å²) in [6.45, 7) is 3.10. The van der Waals surface area contributed by atoms with Gasteiger partial charge in [0.2, 0.25) is 0 Å². The highest BCUT2D eigenvalue weighted by Crippen LogP contribution is 2.16. The molecule has 0 aliphatic carbocycles. The summed E-state index contributed by atoms with van der Waals surface area (Å²) in [6, 6.07) is 11.1. The van der Waals surface area contributed by atoms with Crippen LogP contribution in [0.2, 0.25) is 0 Å². The number of thiophene rings is 1. The van der Waals surface area contributed by atoms with Crippen molar-refractivity contribution in [3.63, 3.8) is 0 Å². The number of benzene rings is 1. The first-order valence-electron chi connectivity index (χ1n) is 6.65. The van der Waals surface area contributed by atoms with E-state index >= 15 is 0 Å². The molecule has 0 fully saturated rings. The normalized spacial score (nSPS) is 12.4. The minimum absolute atomic E-state index is 0.340. The molecule has 0 saturated carbocycles. The van der Waals surface area contributed by atoms with E-state index in [1.54, 1.807) is 17.5 Å². The van der Waals surface area contributed by atoms with Gasteiger partial charge in [-0.05, 0) is 47.0 Å². The van der Waals surface area contributed by atoms with Crippen molar-refractivity contribution in [1.29, 1.82) is 0 Å². The zero-order valence-electron chi connectivity index (χ0n) is 11.4. The first kappa shape index (κ1) is 13.1. The van der Waals surface area contributed by atoms with Gasteiger partial charge in [0.1, 0.15) is 0 Å². The fourth-order valence-electron chi connectivity index (χ4n) is 2.13. The third-order valence-corrected chi connectivity index (χ3v) is 4.12. The predicted octanol–water partition coefficient (Wildman–Crippen LogP) is 3.78. The predicted molar refractivity (Wildman–Crippen MR) is 83.1 cm³/mol. The van der Waals surface area contributed by atoms with Gasteiger partial charge in [-0.15, -0.1) is 0 Å². The molecule has 0 aliphatic heterocycles. The van der Waals surface area contributed by atoms with Crippen LogP contribution in [0, 0.1) is 0 Å². The Hall–Kier alpha value is -1.91. The molecule has 4 heteroatoms. The topological polar surface area (TPSA) is 29.9 Å². The Morgan fingerprint density at radius 2 is 2.10 bits per heavy atom. The maximum Gasteiger partial charge on any atom is 0.0991 e. The van der Waals surface area contributed by atoms with E-state index in [0.717, 1.165) is 12.2 Å². The van der Waals surface area contributed by atoms with Crippen molar-refractivity contribution in [3.8, 4) is 5.69 Å². The summed E-state index contributed by atoms with van der Waals surface area (Å²) in [4.78, 5) is 4.07. The standard InChI is InChI=1S/C16H17N3S/c1-13(18-10-14-6-9-20-11-14)15-2-4-16(5-3-15)19-8-7-17-12-19/h2-9,11-13,18H,10H2,1H3. The largest absolute Gasteiger partial charge is 0.306 e. The molecule has 0 spiro atoms. The molecule has 3 aromatic rings. The summed E-state index contributed by atoms with van der Waals surface area (Å²) < 4.78 is 2.01. The smallest absolute Gasteiger partial charge is 0.0991 e. The molecule has 1 aromatic carbocycles. The van der Waals surface area contributed by atoms with E-state index < -0.39 is 0 Å². The first-order valence-corrected chi connectivity index (χ1v) is 7.60. The van der Waals surface area contributed by atoms with Gasteiger partial charge in [-0.1, -0.05) is 12.1 Å². The van der Waals surface area contributed by atoms with Crippen LogP contribution in [0.25, 0.3) is 5.69 Å². The molecule has 1 unspecified atom stereocenters. The summed E-state index contributed by atoms with van der Waals surface area (Å²) >= 11 is 1.74. The molecule has 1 atom stereocenters. The van der Waals surface area contributed by atoms with E-state index in [0.29, 0.717) is 6.04 Å². The van der Waals surface area contributed by atoms with Crippen LogP contribution in [0.15, 0.2) is 59.8 Å². The van der Waals surface area contributed by atoms with Gasteiger partial charge in [-0.2, -0.15) is 11.3 Å². The van der Waals surface area contributed by atoms with E-state index in [1.165, 1.54) is 11.1 Å². The summed E-state index contributed by atoms with van der Waals surface area (Å²) in [6.07, 6.45) is 5.56. The van der Waals surface area contributed by atoms with Crippen molar-refractivity contribution < 1.29 is 0 Å². The van der Waals surface area contributed by atoms with Crippen molar-refractivity contribution in [1.82, 2.24) is 14.9 Å². The van der Waals surface area contributed by atoms with Crippen molar-refractivity contribution >= 4 is 11.3 Å². The van der Waals surface area contributed by atoms with Gasteiger partial charge in [0, 0.05) is 30.7 Å². The summed E-state index contributed by atoms with van der Waals surface area (Å²) in [5.41, 5.74) is 3.78. The monoisotopic (exact) mass is 283 g/mol. The Morgan fingerprint density at radius 3 is 2.75 bits per heavy atom. The lowest BCUT2D eigenvalue weighted by Gasteiger charge is -2.14. The maximum absolute atomic E-state index is 4.07. The van der Waals surface area contributed by atoms with Gasteiger partial charge in [-0.3, -0.25) is 0 Å². The molecule has 0 radical (unpaired) electrons. The highest BCUT2D eigenvalue weighted by atomic mass is 32.1. The lowest BCUT2D eigenvalue weighted by atomic mass is 10.1. The van der Waals surface area contributed by atoms with Gasteiger partial charge in [-0.25, -0.2) is 4.98 Å². The highest BCUT2D eigenvalue weighted by molar-refractivity contribution is 7.07. The highest BCUT2D eigenvalue weighted by Gasteiger charge is 2.05. The van der Waals surface area contributed by atoms with Crippen molar-refractivity contribution in [3.05, 3.63) is 70.9 Å². The molecule has 0 amide bonds. The van der Waals surface area contributed by atoms with Gasteiger partial charge in [0.25, 0.3) is 0 Å². The molecule has 0 bridgehead atoms. The zero-order valence-corrected chi connectivity index (χ0v) is 12.2. The van der Waals surface area contributed by atoms with E-state index in [-0.39, 0.29) is 0 Å². The number of nitrogens with zero attached hydrogens (tertiary/aromatic N) is 2. The Bertz CT molecular complexity index is 627. The molecule has 0 aliphatic rings. The third-order valence-electron chi connectivity index (χ3n) is 3.39. The number of imidazole rings is 1. The quantitative estimate of drug-likeness (QED) is 0.772. The molecule has 1 N–H and O–H groups in total. The van der Waals surface area contributed by atoms with Crippen molar-refractivity contribution in [2.24, 2.45) is 0 Å². The average molecular weight is 283 g/mol. The molecule has 3 rings (SSSR count). The second-order valence-electron chi connectivity index (χ2n) is 4.80. The van der Waals surface area contributed by atoms with E-state index in [2.05, 4.69) is 58.3 Å². The van der Waals surface area contributed by atoms with Crippen LogP contribution >= 0.6 is 11.3 Å². The van der Waals surface area contributed by atoms with Crippen LogP contribution in [-0.4, -0.2) is 9.55 Å². The average Bonchev–Trinajstić information content (AvgIpc) is 3.18. The number of hydrogen-bond donors (Lipinski definition) is 1. The molecular formula is C16H17N3S. The molecule has 2 aromatic heterocycles. The minimum Gasteiger partial charge on any atom is -0.306 e. The number of nitrogens with one attached hydrogen (secondary N) is 1. The van der Waals surface area contributed by atoms with Gasteiger partial charge < -0.3 is 9.88 Å². The minimum atomic E-state index is 0.340. The number of aromatic nitrogens is 2. The SMILES string of the molecule is CC(NCc1ccsc1)c1ccc(-n2ccnc2)cc1. The fraction of sp³-hybridized carbons (Fsp3) is 0.188. The van der Waals surface area contributed by atoms with Crippen LogP contribution in [0.3, 0.4) is 0 Å². The van der Waals surface area contributed by atoms with Crippen LogP contribution < -0.4 is 5.32 Å². The number of rotatable bonds is 5. The zero-order chi connectivity index (χ0) is 13.8. The Kier molecular flexibility index (Phi) is 3.95. The lowest BCUT2D eigenvalue weighted by molar-refractivity contribution is 0.575. The van der Waals surface area contributed by atoms with Crippen molar-refractivity contribution in [2.45, 2.75) is 19.5 Å². The Balaban J connectivity index is 1.65.